The second-order valence-corrected chi connectivity index (χ2v) is 7.87. The number of halogens is 1. The first kappa shape index (κ1) is 17.6. The third-order valence-electron chi connectivity index (χ3n) is 4.27. The van der Waals surface area contributed by atoms with E-state index in [0.717, 1.165) is 9.54 Å². The van der Waals surface area contributed by atoms with E-state index in [1.165, 1.54) is 24.4 Å². The Morgan fingerprint density at radius 2 is 1.89 bits per heavy atom. The fourth-order valence-electron chi connectivity index (χ4n) is 3.01. The van der Waals surface area contributed by atoms with Crippen LogP contribution < -0.4 is 14.8 Å². The number of nitrogens with zero attached hydrogens (tertiary/aromatic N) is 1. The van der Waals surface area contributed by atoms with Crippen LogP contribution in [0, 0.1) is 5.82 Å². The van der Waals surface area contributed by atoms with Crippen molar-refractivity contribution in [2.24, 2.45) is 0 Å². The first-order valence-corrected chi connectivity index (χ1v) is 9.70. The Morgan fingerprint density at radius 1 is 1.11 bits per heavy atom. The van der Waals surface area contributed by atoms with Crippen LogP contribution in [-0.4, -0.2) is 26.2 Å². The minimum absolute atomic E-state index is 0.0379. The van der Waals surface area contributed by atoms with Gasteiger partial charge in [-0.3, -0.25) is 0 Å². The number of rotatable bonds is 5. The highest BCUT2D eigenvalue weighted by Gasteiger charge is 2.25. The molecule has 6 nitrogen and oxygen atoms in total. The Hall–Kier alpha value is -2.84. The van der Waals surface area contributed by atoms with Gasteiger partial charge in [-0.1, -0.05) is 12.1 Å². The fourth-order valence-corrected chi connectivity index (χ4v) is 4.42. The van der Waals surface area contributed by atoms with Crippen LogP contribution in [0.3, 0.4) is 0 Å². The summed E-state index contributed by atoms with van der Waals surface area (Å²) in [6.07, 6.45) is 1.50. The standard InChI is InChI=1S/C19H17FN2O4S/c1-21-10-13-8-17(15-4-2-3-5-16(15)20)22(11-13)27(23,24)14-6-7-18-19(9-14)26-12-25-18/h2-9,11,21H,10,12H2,1H3. The van der Waals surface area contributed by atoms with Gasteiger partial charge in [-0.05, 0) is 42.9 Å². The zero-order valence-corrected chi connectivity index (χ0v) is 15.3. The summed E-state index contributed by atoms with van der Waals surface area (Å²) in [5.41, 5.74) is 1.19. The summed E-state index contributed by atoms with van der Waals surface area (Å²) in [7, 11) is -2.21. The summed E-state index contributed by atoms with van der Waals surface area (Å²) >= 11 is 0. The maximum absolute atomic E-state index is 14.4. The first-order chi connectivity index (χ1) is 13.0. The zero-order valence-electron chi connectivity index (χ0n) is 14.5. The predicted molar refractivity (Wildman–Crippen MR) is 97.7 cm³/mol. The molecule has 0 aliphatic carbocycles. The highest BCUT2D eigenvalue weighted by molar-refractivity contribution is 7.90. The molecule has 27 heavy (non-hydrogen) atoms. The largest absolute Gasteiger partial charge is 0.454 e. The lowest BCUT2D eigenvalue weighted by molar-refractivity contribution is 0.174. The van der Waals surface area contributed by atoms with E-state index in [-0.39, 0.29) is 22.9 Å². The molecule has 0 amide bonds. The predicted octanol–water partition coefficient (Wildman–Crippen LogP) is 2.98. The SMILES string of the molecule is CNCc1cc(-c2ccccc2F)n(S(=O)(=O)c2ccc3c(c2)OCO3)c1. The van der Waals surface area contributed by atoms with Crippen molar-refractivity contribution in [3.8, 4) is 22.8 Å². The van der Waals surface area contributed by atoms with Crippen LogP contribution in [0.15, 0.2) is 59.6 Å². The molecule has 8 heteroatoms. The lowest BCUT2D eigenvalue weighted by atomic mass is 10.1. The number of ether oxygens (including phenoxy) is 2. The minimum Gasteiger partial charge on any atom is -0.454 e. The van der Waals surface area contributed by atoms with Crippen molar-refractivity contribution in [2.45, 2.75) is 11.4 Å². The van der Waals surface area contributed by atoms with Crippen LogP contribution in [0.5, 0.6) is 11.5 Å². The number of aromatic nitrogens is 1. The Balaban J connectivity index is 1.88. The van der Waals surface area contributed by atoms with Crippen LogP contribution in [0.1, 0.15) is 5.56 Å². The van der Waals surface area contributed by atoms with E-state index >= 15 is 0 Å². The Labute approximate surface area is 156 Å². The molecule has 1 aliphatic rings. The number of fused-ring (bicyclic) bond motifs is 1. The average Bonchev–Trinajstić information content (AvgIpc) is 3.29. The van der Waals surface area contributed by atoms with Gasteiger partial charge in [0.2, 0.25) is 6.79 Å². The number of hydrogen-bond acceptors (Lipinski definition) is 5. The molecular weight excluding hydrogens is 371 g/mol. The summed E-state index contributed by atoms with van der Waals surface area (Å²) in [5, 5.41) is 2.98. The molecule has 1 aromatic heterocycles. The molecule has 0 radical (unpaired) electrons. The molecule has 0 saturated carbocycles. The number of hydrogen-bond donors (Lipinski definition) is 1. The first-order valence-electron chi connectivity index (χ1n) is 8.26. The molecule has 1 N–H and O–H groups in total. The van der Waals surface area contributed by atoms with E-state index in [4.69, 9.17) is 9.47 Å². The van der Waals surface area contributed by atoms with Crippen molar-refractivity contribution < 1.29 is 22.3 Å². The topological polar surface area (TPSA) is 69.6 Å². The van der Waals surface area contributed by atoms with Crippen LogP contribution >= 0.6 is 0 Å². The summed E-state index contributed by atoms with van der Waals surface area (Å²) in [5.74, 6) is 0.367. The molecule has 0 spiro atoms. The van der Waals surface area contributed by atoms with E-state index in [9.17, 15) is 12.8 Å². The van der Waals surface area contributed by atoms with Crippen LogP contribution in [-0.2, 0) is 16.6 Å². The van der Waals surface area contributed by atoms with Gasteiger partial charge in [0, 0.05) is 24.4 Å². The van der Waals surface area contributed by atoms with E-state index in [0.29, 0.717) is 18.0 Å². The summed E-state index contributed by atoms with van der Waals surface area (Å²) in [6, 6.07) is 12.2. The second kappa shape index (κ2) is 6.71. The monoisotopic (exact) mass is 388 g/mol. The minimum atomic E-state index is -3.97. The molecule has 0 saturated heterocycles. The maximum atomic E-state index is 14.4. The molecule has 1 aliphatic heterocycles. The average molecular weight is 388 g/mol. The lowest BCUT2D eigenvalue weighted by Gasteiger charge is -2.11. The summed E-state index contributed by atoms with van der Waals surface area (Å²) in [4.78, 5) is 0.0379. The van der Waals surface area contributed by atoms with Crippen molar-refractivity contribution in [2.75, 3.05) is 13.8 Å². The quantitative estimate of drug-likeness (QED) is 0.728. The van der Waals surface area contributed by atoms with Gasteiger partial charge < -0.3 is 14.8 Å². The molecule has 0 fully saturated rings. The molecule has 3 aromatic rings. The van der Waals surface area contributed by atoms with Crippen LogP contribution in [0.25, 0.3) is 11.3 Å². The van der Waals surface area contributed by atoms with Gasteiger partial charge in [-0.15, -0.1) is 0 Å². The fraction of sp³-hybridized carbons (Fsp3) is 0.158. The number of nitrogens with one attached hydrogen (secondary N) is 1. The molecule has 0 atom stereocenters. The molecule has 0 unspecified atom stereocenters. The summed E-state index contributed by atoms with van der Waals surface area (Å²) in [6.45, 7) is 0.500. The van der Waals surface area contributed by atoms with Crippen LogP contribution in [0.4, 0.5) is 4.39 Å². The zero-order chi connectivity index (χ0) is 19.0. The van der Waals surface area contributed by atoms with Gasteiger partial charge in [-0.2, -0.15) is 0 Å². The van der Waals surface area contributed by atoms with E-state index in [1.54, 1.807) is 37.4 Å². The Kier molecular flexibility index (Phi) is 4.37. The Bertz CT molecular complexity index is 1110. The van der Waals surface area contributed by atoms with Crippen molar-refractivity contribution in [3.05, 3.63) is 66.1 Å². The van der Waals surface area contributed by atoms with Gasteiger partial charge >= 0.3 is 0 Å². The third-order valence-corrected chi connectivity index (χ3v) is 5.94. The molecule has 2 aromatic carbocycles. The normalized spacial score (nSPS) is 13.1. The smallest absolute Gasteiger partial charge is 0.268 e. The van der Waals surface area contributed by atoms with Gasteiger partial charge in [0.05, 0.1) is 10.6 Å². The van der Waals surface area contributed by atoms with Gasteiger partial charge in [0.25, 0.3) is 10.0 Å². The summed E-state index contributed by atoms with van der Waals surface area (Å²) < 4.78 is 52.5. The van der Waals surface area contributed by atoms with Crippen molar-refractivity contribution in [1.29, 1.82) is 0 Å². The number of benzene rings is 2. The Morgan fingerprint density at radius 3 is 2.67 bits per heavy atom. The third kappa shape index (κ3) is 3.07. The molecule has 4 rings (SSSR count). The van der Waals surface area contributed by atoms with E-state index in [2.05, 4.69) is 5.32 Å². The maximum Gasteiger partial charge on any atom is 0.268 e. The van der Waals surface area contributed by atoms with Gasteiger partial charge in [-0.25, -0.2) is 16.8 Å². The molecular formula is C19H17FN2O4S. The second-order valence-electron chi connectivity index (χ2n) is 6.06. The lowest BCUT2D eigenvalue weighted by Crippen LogP contribution is -2.14. The van der Waals surface area contributed by atoms with Crippen LogP contribution in [0.2, 0.25) is 0 Å². The van der Waals surface area contributed by atoms with E-state index < -0.39 is 15.8 Å². The van der Waals surface area contributed by atoms with Gasteiger partial charge in [0.1, 0.15) is 5.82 Å². The highest BCUT2D eigenvalue weighted by atomic mass is 32.2. The van der Waals surface area contributed by atoms with Crippen molar-refractivity contribution >= 4 is 10.0 Å². The highest BCUT2D eigenvalue weighted by Crippen LogP contribution is 2.36. The van der Waals surface area contributed by atoms with Gasteiger partial charge in [0.15, 0.2) is 11.5 Å². The van der Waals surface area contributed by atoms with E-state index in [1.807, 2.05) is 0 Å². The molecule has 140 valence electrons. The molecule has 2 heterocycles. The van der Waals surface area contributed by atoms with Crippen molar-refractivity contribution in [1.82, 2.24) is 9.29 Å². The molecule has 0 bridgehead atoms. The van der Waals surface area contributed by atoms with Crippen molar-refractivity contribution in [3.63, 3.8) is 0 Å².